The zero-order valence-electron chi connectivity index (χ0n) is 19.4. The lowest BCUT2D eigenvalue weighted by atomic mass is 10.1. The minimum atomic E-state index is -0.200. The number of amidine groups is 1. The largest absolute Gasteiger partial charge is 0.494 e. The molecule has 1 N–H and O–H groups in total. The highest BCUT2D eigenvalue weighted by atomic mass is 79.9. The van der Waals surface area contributed by atoms with Crippen LogP contribution in [0.15, 0.2) is 81.1 Å². The molecular weight excluding hydrogens is 528 g/mol. The minimum Gasteiger partial charge on any atom is -0.494 e. The van der Waals surface area contributed by atoms with Crippen LogP contribution in [-0.2, 0) is 11.4 Å². The van der Waals surface area contributed by atoms with Gasteiger partial charge in [-0.3, -0.25) is 4.79 Å². The van der Waals surface area contributed by atoms with Gasteiger partial charge in [-0.2, -0.15) is 0 Å². The molecule has 0 bridgehead atoms. The predicted octanol–water partition coefficient (Wildman–Crippen LogP) is 6.72. The molecule has 1 aliphatic heterocycles. The number of hydrogen-bond acceptors (Lipinski definition) is 6. The second-order valence-electron chi connectivity index (χ2n) is 7.44. The first-order chi connectivity index (χ1) is 17.1. The molecule has 3 aromatic rings. The fourth-order valence-electron chi connectivity index (χ4n) is 3.30. The Morgan fingerprint density at radius 1 is 0.943 bits per heavy atom. The molecule has 1 amide bonds. The van der Waals surface area contributed by atoms with Gasteiger partial charge in [0.2, 0.25) is 0 Å². The molecule has 3 aromatic carbocycles. The van der Waals surface area contributed by atoms with E-state index in [1.165, 1.54) is 11.8 Å². The predicted molar refractivity (Wildman–Crippen MR) is 145 cm³/mol. The average Bonchev–Trinajstić information content (AvgIpc) is 3.20. The third-order valence-electron chi connectivity index (χ3n) is 4.92. The highest BCUT2D eigenvalue weighted by Gasteiger charge is 2.24. The number of thioether (sulfide) groups is 1. The number of carbonyl (C=O) groups is 1. The summed E-state index contributed by atoms with van der Waals surface area (Å²) in [6.07, 6.45) is 1.81. The van der Waals surface area contributed by atoms with Crippen LogP contribution in [0.2, 0.25) is 0 Å². The number of nitrogens with zero attached hydrogens (tertiary/aromatic N) is 1. The number of nitrogens with one attached hydrogen (secondary N) is 1. The molecule has 1 fully saturated rings. The minimum absolute atomic E-state index is 0.200. The number of aliphatic imine (C=N–C) groups is 1. The lowest BCUT2D eigenvalue weighted by Gasteiger charge is -2.14. The third kappa shape index (κ3) is 6.68. The molecule has 0 aromatic heterocycles. The number of ether oxygens (including phenoxy) is 3. The molecule has 1 aliphatic rings. The van der Waals surface area contributed by atoms with Crippen molar-refractivity contribution in [1.29, 1.82) is 0 Å². The summed E-state index contributed by atoms with van der Waals surface area (Å²) in [5, 5.41) is 3.35. The van der Waals surface area contributed by atoms with E-state index in [4.69, 9.17) is 14.2 Å². The van der Waals surface area contributed by atoms with Gasteiger partial charge in [0.05, 0.1) is 23.8 Å². The number of amides is 1. The van der Waals surface area contributed by atoms with E-state index in [1.807, 2.05) is 86.7 Å². The van der Waals surface area contributed by atoms with Crippen molar-refractivity contribution in [1.82, 2.24) is 5.32 Å². The zero-order chi connectivity index (χ0) is 24.6. The molecular formula is C27H25BrN2O4S. The molecule has 0 aliphatic carbocycles. The second-order valence-corrected chi connectivity index (χ2v) is 9.32. The standard InChI is InChI=1S/C27H25BrN2O4S/c1-3-32-21-12-10-20(11-13-21)29-27-30-26(31)25(35-27)15-19-14-23(33-4-2)24(16-22(19)28)34-17-18-8-6-5-7-9-18/h5-16H,3-4,17H2,1-2H3,(H,29,30,31)/b25-15+. The molecule has 1 saturated heterocycles. The zero-order valence-corrected chi connectivity index (χ0v) is 21.8. The molecule has 35 heavy (non-hydrogen) atoms. The fraction of sp³-hybridized carbons (Fsp3) is 0.185. The molecule has 0 unspecified atom stereocenters. The van der Waals surface area contributed by atoms with Gasteiger partial charge in [0.1, 0.15) is 12.4 Å². The topological polar surface area (TPSA) is 69.2 Å². The maximum absolute atomic E-state index is 12.6. The Bertz CT molecular complexity index is 1240. The lowest BCUT2D eigenvalue weighted by molar-refractivity contribution is -0.115. The number of benzene rings is 3. The van der Waals surface area contributed by atoms with Gasteiger partial charge in [0.15, 0.2) is 16.7 Å². The summed E-state index contributed by atoms with van der Waals surface area (Å²) in [7, 11) is 0. The third-order valence-corrected chi connectivity index (χ3v) is 6.51. The summed E-state index contributed by atoms with van der Waals surface area (Å²) in [5.41, 5.74) is 2.60. The van der Waals surface area contributed by atoms with Gasteiger partial charge in [-0.25, -0.2) is 4.99 Å². The van der Waals surface area contributed by atoms with E-state index in [9.17, 15) is 4.79 Å². The van der Waals surface area contributed by atoms with Crippen LogP contribution in [0.4, 0.5) is 5.69 Å². The Morgan fingerprint density at radius 2 is 1.66 bits per heavy atom. The van der Waals surface area contributed by atoms with E-state index in [-0.39, 0.29) is 5.91 Å². The van der Waals surface area contributed by atoms with Crippen molar-refractivity contribution in [3.8, 4) is 17.2 Å². The van der Waals surface area contributed by atoms with Crippen LogP contribution in [0, 0.1) is 0 Å². The summed E-state index contributed by atoms with van der Waals surface area (Å²) in [6.45, 7) is 5.39. The Hall–Kier alpha value is -3.23. The van der Waals surface area contributed by atoms with E-state index in [0.29, 0.717) is 41.4 Å². The number of carbonyl (C=O) groups excluding carboxylic acids is 1. The van der Waals surface area contributed by atoms with Crippen molar-refractivity contribution >= 4 is 50.5 Å². The molecule has 180 valence electrons. The Morgan fingerprint density at radius 3 is 2.37 bits per heavy atom. The van der Waals surface area contributed by atoms with Crippen molar-refractivity contribution in [2.24, 2.45) is 4.99 Å². The van der Waals surface area contributed by atoms with E-state index >= 15 is 0 Å². The number of rotatable bonds is 9. The summed E-state index contributed by atoms with van der Waals surface area (Å²) in [4.78, 5) is 17.7. The van der Waals surface area contributed by atoms with Gasteiger partial charge in [-0.1, -0.05) is 46.3 Å². The van der Waals surface area contributed by atoms with E-state index < -0.39 is 0 Å². The number of halogens is 1. The van der Waals surface area contributed by atoms with E-state index in [2.05, 4.69) is 26.2 Å². The molecule has 0 spiro atoms. The van der Waals surface area contributed by atoms with Gasteiger partial charge in [0, 0.05) is 4.47 Å². The van der Waals surface area contributed by atoms with Crippen molar-refractivity contribution in [3.05, 3.63) is 87.2 Å². The molecule has 0 atom stereocenters. The summed E-state index contributed by atoms with van der Waals surface area (Å²) in [5.74, 6) is 1.83. The van der Waals surface area contributed by atoms with Crippen LogP contribution in [0.1, 0.15) is 25.0 Å². The molecule has 8 heteroatoms. The lowest BCUT2D eigenvalue weighted by Crippen LogP contribution is -2.19. The van der Waals surface area contributed by atoms with E-state index in [0.717, 1.165) is 27.0 Å². The highest BCUT2D eigenvalue weighted by molar-refractivity contribution is 9.10. The summed E-state index contributed by atoms with van der Waals surface area (Å²) in [6, 6.07) is 21.1. The Labute approximate surface area is 217 Å². The van der Waals surface area contributed by atoms with Gasteiger partial charge >= 0.3 is 0 Å². The van der Waals surface area contributed by atoms with Crippen LogP contribution in [0.25, 0.3) is 6.08 Å². The second kappa shape index (κ2) is 12.0. The molecule has 6 nitrogen and oxygen atoms in total. The van der Waals surface area contributed by atoms with Gasteiger partial charge in [0.25, 0.3) is 5.91 Å². The Balaban J connectivity index is 1.52. The van der Waals surface area contributed by atoms with E-state index in [1.54, 1.807) is 0 Å². The first kappa shape index (κ1) is 24.9. The van der Waals surface area contributed by atoms with Crippen LogP contribution in [-0.4, -0.2) is 24.3 Å². The maximum atomic E-state index is 12.6. The van der Waals surface area contributed by atoms with Crippen LogP contribution in [0.3, 0.4) is 0 Å². The molecule has 1 heterocycles. The molecule has 0 radical (unpaired) electrons. The maximum Gasteiger partial charge on any atom is 0.264 e. The van der Waals surface area contributed by atoms with Crippen LogP contribution >= 0.6 is 27.7 Å². The van der Waals surface area contributed by atoms with Crippen molar-refractivity contribution < 1.29 is 19.0 Å². The first-order valence-corrected chi connectivity index (χ1v) is 12.8. The van der Waals surface area contributed by atoms with Gasteiger partial charge in [-0.15, -0.1) is 0 Å². The van der Waals surface area contributed by atoms with Crippen molar-refractivity contribution in [2.45, 2.75) is 20.5 Å². The SMILES string of the molecule is CCOc1ccc(N=C2NC(=O)/C(=C\c3cc(OCC)c(OCc4ccccc4)cc3Br)S2)cc1. The molecule has 0 saturated carbocycles. The van der Waals surface area contributed by atoms with Gasteiger partial charge < -0.3 is 19.5 Å². The fourth-order valence-corrected chi connectivity index (χ4v) is 4.57. The van der Waals surface area contributed by atoms with Gasteiger partial charge in [-0.05, 0) is 79.2 Å². The highest BCUT2D eigenvalue weighted by Crippen LogP contribution is 2.37. The number of hydrogen-bond donors (Lipinski definition) is 1. The van der Waals surface area contributed by atoms with Crippen LogP contribution < -0.4 is 19.5 Å². The van der Waals surface area contributed by atoms with Crippen molar-refractivity contribution in [3.63, 3.8) is 0 Å². The van der Waals surface area contributed by atoms with Crippen molar-refractivity contribution in [2.75, 3.05) is 13.2 Å². The smallest absolute Gasteiger partial charge is 0.264 e. The Kier molecular flexibility index (Phi) is 8.50. The monoisotopic (exact) mass is 552 g/mol. The molecule has 4 rings (SSSR count). The average molecular weight is 553 g/mol. The quantitative estimate of drug-likeness (QED) is 0.298. The summed E-state index contributed by atoms with van der Waals surface area (Å²) < 4.78 is 18.1. The first-order valence-electron chi connectivity index (χ1n) is 11.2. The summed E-state index contributed by atoms with van der Waals surface area (Å²) >= 11 is 4.90. The normalized spacial score (nSPS) is 15.3. The van der Waals surface area contributed by atoms with Crippen LogP contribution in [0.5, 0.6) is 17.2 Å².